The van der Waals surface area contributed by atoms with Crippen molar-refractivity contribution in [2.24, 2.45) is 0 Å². The molecular weight excluding hydrogens is 411 g/mol. The van der Waals surface area contributed by atoms with Crippen LogP contribution in [0.15, 0.2) is 53.9 Å². The largest absolute Gasteiger partial charge is 0.369 e. The summed E-state index contributed by atoms with van der Waals surface area (Å²) >= 11 is 0. The van der Waals surface area contributed by atoms with E-state index < -0.39 is 21.9 Å². The summed E-state index contributed by atoms with van der Waals surface area (Å²) < 4.78 is 46.9. The Morgan fingerprint density at radius 2 is 2.03 bits per heavy atom. The standard InChI is InChI=1S/C19H19FN6O3S/c1-13-3-4-14(9-15(13)20)30(27,28)26-7-8-29-17(12-26)16-10-21-11-18(24-16)25-19-22-5-2-6-23-19/h2-6,9-11,17H,7-8,12H2,1H3,(H,22,23,24,25)/t17-/m1/s1. The number of aromatic nitrogens is 4. The summed E-state index contributed by atoms with van der Waals surface area (Å²) in [6.45, 7) is 1.96. The van der Waals surface area contributed by atoms with Gasteiger partial charge in [-0.15, -0.1) is 0 Å². The number of nitrogens with zero attached hydrogens (tertiary/aromatic N) is 5. The Balaban J connectivity index is 1.54. The minimum absolute atomic E-state index is 0.0395. The Labute approximate surface area is 173 Å². The maximum Gasteiger partial charge on any atom is 0.243 e. The number of hydrogen-bond acceptors (Lipinski definition) is 8. The van der Waals surface area contributed by atoms with Crippen LogP contribution in [0.5, 0.6) is 0 Å². The van der Waals surface area contributed by atoms with Crippen molar-refractivity contribution >= 4 is 21.8 Å². The van der Waals surface area contributed by atoms with Crippen LogP contribution in [-0.2, 0) is 14.8 Å². The number of sulfonamides is 1. The summed E-state index contributed by atoms with van der Waals surface area (Å²) in [7, 11) is -3.87. The number of morpholine rings is 1. The van der Waals surface area contributed by atoms with Gasteiger partial charge in [-0.3, -0.25) is 4.98 Å². The van der Waals surface area contributed by atoms with Gasteiger partial charge in [0, 0.05) is 25.5 Å². The van der Waals surface area contributed by atoms with Gasteiger partial charge in [-0.05, 0) is 30.7 Å². The molecule has 1 saturated heterocycles. The van der Waals surface area contributed by atoms with Crippen molar-refractivity contribution in [3.8, 4) is 0 Å². The van der Waals surface area contributed by atoms with Gasteiger partial charge in [0.15, 0.2) is 5.82 Å². The van der Waals surface area contributed by atoms with E-state index in [1.807, 2.05) is 0 Å². The van der Waals surface area contributed by atoms with Crippen molar-refractivity contribution in [2.45, 2.75) is 17.9 Å². The Bertz CT molecular complexity index is 1150. The molecule has 0 spiro atoms. The predicted molar refractivity (Wildman–Crippen MR) is 106 cm³/mol. The molecule has 3 heterocycles. The fourth-order valence-corrected chi connectivity index (χ4v) is 4.42. The van der Waals surface area contributed by atoms with Crippen LogP contribution in [0.2, 0.25) is 0 Å². The number of hydrogen-bond donors (Lipinski definition) is 1. The average molecular weight is 430 g/mol. The molecule has 2 aromatic heterocycles. The monoisotopic (exact) mass is 430 g/mol. The number of halogens is 1. The van der Waals surface area contributed by atoms with Crippen LogP contribution >= 0.6 is 0 Å². The number of anilines is 2. The van der Waals surface area contributed by atoms with E-state index in [-0.39, 0.29) is 24.6 Å². The Kier molecular flexibility index (Phi) is 5.66. The quantitative estimate of drug-likeness (QED) is 0.656. The van der Waals surface area contributed by atoms with Gasteiger partial charge in [-0.25, -0.2) is 27.8 Å². The average Bonchev–Trinajstić information content (AvgIpc) is 2.76. The minimum atomic E-state index is -3.87. The van der Waals surface area contributed by atoms with Crippen molar-refractivity contribution in [3.05, 3.63) is 66.1 Å². The van der Waals surface area contributed by atoms with Gasteiger partial charge < -0.3 is 10.1 Å². The van der Waals surface area contributed by atoms with Gasteiger partial charge in [0.25, 0.3) is 0 Å². The zero-order valence-corrected chi connectivity index (χ0v) is 16.9. The van der Waals surface area contributed by atoms with Gasteiger partial charge in [0.05, 0.1) is 29.6 Å². The van der Waals surface area contributed by atoms with E-state index in [9.17, 15) is 12.8 Å². The van der Waals surface area contributed by atoms with Crippen molar-refractivity contribution in [1.82, 2.24) is 24.2 Å². The number of aryl methyl sites for hydroxylation is 1. The third-order valence-corrected chi connectivity index (χ3v) is 6.46. The Hall–Kier alpha value is -3.02. The lowest BCUT2D eigenvalue weighted by molar-refractivity contribution is -0.00507. The topological polar surface area (TPSA) is 110 Å². The molecule has 0 bridgehead atoms. The first kappa shape index (κ1) is 20.3. The zero-order valence-electron chi connectivity index (χ0n) is 16.1. The molecule has 1 aliphatic rings. The van der Waals surface area contributed by atoms with Gasteiger partial charge >= 0.3 is 0 Å². The van der Waals surface area contributed by atoms with E-state index in [1.54, 1.807) is 25.4 Å². The Morgan fingerprint density at radius 3 is 2.80 bits per heavy atom. The first-order valence-corrected chi connectivity index (χ1v) is 10.6. The number of benzene rings is 1. The van der Waals surface area contributed by atoms with Gasteiger partial charge in [-0.2, -0.15) is 4.31 Å². The van der Waals surface area contributed by atoms with Crippen molar-refractivity contribution in [1.29, 1.82) is 0 Å². The van der Waals surface area contributed by atoms with Crippen molar-refractivity contribution < 1.29 is 17.5 Å². The van der Waals surface area contributed by atoms with Crippen LogP contribution < -0.4 is 5.32 Å². The van der Waals surface area contributed by atoms with E-state index in [2.05, 4.69) is 25.3 Å². The van der Waals surface area contributed by atoms with Crippen molar-refractivity contribution in [3.63, 3.8) is 0 Å². The molecule has 9 nitrogen and oxygen atoms in total. The Morgan fingerprint density at radius 1 is 1.23 bits per heavy atom. The lowest BCUT2D eigenvalue weighted by Gasteiger charge is -2.31. The predicted octanol–water partition coefficient (Wildman–Crippen LogP) is 2.22. The summed E-state index contributed by atoms with van der Waals surface area (Å²) in [5.41, 5.74) is 0.849. The van der Waals surface area contributed by atoms with Gasteiger partial charge in [0.2, 0.25) is 16.0 Å². The fourth-order valence-electron chi connectivity index (χ4n) is 2.98. The molecule has 4 rings (SSSR count). The smallest absolute Gasteiger partial charge is 0.243 e. The van der Waals surface area contributed by atoms with E-state index in [0.717, 1.165) is 6.07 Å². The highest BCUT2D eigenvalue weighted by Gasteiger charge is 2.32. The zero-order chi connectivity index (χ0) is 21.1. The highest BCUT2D eigenvalue weighted by atomic mass is 32.2. The van der Waals surface area contributed by atoms with Gasteiger partial charge in [0.1, 0.15) is 11.9 Å². The molecule has 0 radical (unpaired) electrons. The lowest BCUT2D eigenvalue weighted by Crippen LogP contribution is -2.42. The third-order valence-electron chi connectivity index (χ3n) is 4.60. The number of ether oxygens (including phenoxy) is 1. The molecule has 3 aromatic rings. The van der Waals surface area contributed by atoms with E-state index in [1.165, 1.54) is 28.8 Å². The van der Waals surface area contributed by atoms with E-state index in [4.69, 9.17) is 4.74 Å². The molecule has 11 heteroatoms. The molecule has 1 aliphatic heterocycles. The fraction of sp³-hybridized carbons (Fsp3) is 0.263. The molecule has 1 aromatic carbocycles. The molecule has 1 atom stereocenters. The summed E-state index contributed by atoms with van der Waals surface area (Å²) in [5.74, 6) is 0.204. The molecule has 156 valence electrons. The first-order chi connectivity index (χ1) is 14.4. The summed E-state index contributed by atoms with van der Waals surface area (Å²) in [5, 5.41) is 2.94. The van der Waals surface area contributed by atoms with Crippen molar-refractivity contribution in [2.75, 3.05) is 25.0 Å². The van der Waals surface area contributed by atoms with Gasteiger partial charge in [-0.1, -0.05) is 6.07 Å². The second-order valence-electron chi connectivity index (χ2n) is 6.66. The van der Waals surface area contributed by atoms with Crippen LogP contribution in [0, 0.1) is 12.7 Å². The van der Waals surface area contributed by atoms with Crippen LogP contribution in [0.25, 0.3) is 0 Å². The first-order valence-electron chi connectivity index (χ1n) is 9.17. The second-order valence-corrected chi connectivity index (χ2v) is 8.60. The normalized spacial score (nSPS) is 17.6. The molecule has 0 saturated carbocycles. The molecule has 0 amide bonds. The molecule has 0 aliphatic carbocycles. The number of rotatable bonds is 5. The van der Waals surface area contributed by atoms with E-state index >= 15 is 0 Å². The molecular formula is C19H19FN6O3S. The SMILES string of the molecule is Cc1ccc(S(=O)(=O)N2CCO[C@@H](c3cncc(Nc4ncccn4)n3)C2)cc1F. The maximum atomic E-state index is 13.9. The highest BCUT2D eigenvalue weighted by Crippen LogP contribution is 2.26. The highest BCUT2D eigenvalue weighted by molar-refractivity contribution is 7.89. The van der Waals surface area contributed by atoms with Crippen LogP contribution in [0.3, 0.4) is 0 Å². The molecule has 30 heavy (non-hydrogen) atoms. The molecule has 1 N–H and O–H groups in total. The summed E-state index contributed by atoms with van der Waals surface area (Å²) in [6.07, 6.45) is 5.59. The molecule has 0 unspecified atom stereocenters. The van der Waals surface area contributed by atoms with Crippen LogP contribution in [-0.4, -0.2) is 52.4 Å². The second kappa shape index (κ2) is 8.38. The third kappa shape index (κ3) is 4.27. The molecule has 1 fully saturated rings. The number of nitrogens with one attached hydrogen (secondary N) is 1. The van der Waals surface area contributed by atoms with Crippen LogP contribution in [0.4, 0.5) is 16.2 Å². The van der Waals surface area contributed by atoms with E-state index in [0.29, 0.717) is 23.0 Å². The summed E-state index contributed by atoms with van der Waals surface area (Å²) in [6, 6.07) is 5.59. The van der Waals surface area contributed by atoms with Crippen LogP contribution in [0.1, 0.15) is 17.4 Å². The maximum absolute atomic E-state index is 13.9. The minimum Gasteiger partial charge on any atom is -0.369 e. The lowest BCUT2D eigenvalue weighted by atomic mass is 10.2. The summed E-state index contributed by atoms with van der Waals surface area (Å²) in [4.78, 5) is 16.6.